The van der Waals surface area contributed by atoms with Gasteiger partial charge in [0.15, 0.2) is 5.96 Å². The smallest absolute Gasteiger partial charge is 0.193 e. The number of nitrogens with two attached hydrogens (primary N) is 1. The number of rotatable bonds is 4. The number of guanidine groups is 1. The number of aliphatic imine (C=N–C) groups is 1. The lowest BCUT2D eigenvalue weighted by molar-refractivity contribution is 0.187. The fourth-order valence-electron chi connectivity index (χ4n) is 2.87. The van der Waals surface area contributed by atoms with Gasteiger partial charge in [-0.3, -0.25) is 4.99 Å². The molecule has 0 amide bonds. The van der Waals surface area contributed by atoms with Gasteiger partial charge in [0.05, 0.1) is 6.54 Å². The molecule has 2 aromatic carbocycles. The average molecular weight is 458 g/mol. The van der Waals surface area contributed by atoms with Gasteiger partial charge < -0.3 is 16.2 Å². The van der Waals surface area contributed by atoms with Crippen LogP contribution in [0.2, 0.25) is 5.02 Å². The summed E-state index contributed by atoms with van der Waals surface area (Å²) < 4.78 is 0. The standard InChI is InChI=1S/C18H20ClN3O.HI/c19-16-7-2-1-6-15(16)17(23)11-21-18(20)22-14-9-8-12-4-3-5-13(12)10-14;/h1-2,6-10,17,23H,3-5,11H2,(H3,20,21,22);1H. The molecule has 24 heavy (non-hydrogen) atoms. The van der Waals surface area contributed by atoms with E-state index in [0.717, 1.165) is 18.5 Å². The van der Waals surface area contributed by atoms with Crippen LogP contribution in [0.5, 0.6) is 0 Å². The van der Waals surface area contributed by atoms with Crippen molar-refractivity contribution in [3.8, 4) is 0 Å². The summed E-state index contributed by atoms with van der Waals surface area (Å²) >= 11 is 6.06. The second kappa shape index (κ2) is 8.69. The van der Waals surface area contributed by atoms with Crippen molar-refractivity contribution in [2.24, 2.45) is 10.7 Å². The van der Waals surface area contributed by atoms with Crippen LogP contribution in [0.4, 0.5) is 5.69 Å². The number of aliphatic hydroxyl groups is 1. The van der Waals surface area contributed by atoms with Crippen molar-refractivity contribution in [3.63, 3.8) is 0 Å². The Morgan fingerprint density at radius 3 is 2.75 bits per heavy atom. The third kappa shape index (κ3) is 4.62. The third-order valence-electron chi connectivity index (χ3n) is 4.07. The van der Waals surface area contributed by atoms with Crippen LogP contribution in [-0.2, 0) is 12.8 Å². The number of anilines is 1. The highest BCUT2D eigenvalue weighted by Gasteiger charge is 2.12. The Balaban J connectivity index is 0.00000208. The molecule has 128 valence electrons. The monoisotopic (exact) mass is 457 g/mol. The molecular weight excluding hydrogens is 437 g/mol. The fourth-order valence-corrected chi connectivity index (χ4v) is 3.13. The van der Waals surface area contributed by atoms with E-state index in [1.807, 2.05) is 18.2 Å². The zero-order chi connectivity index (χ0) is 16.2. The predicted octanol–water partition coefficient (Wildman–Crippen LogP) is 3.91. The van der Waals surface area contributed by atoms with Crippen LogP contribution in [0, 0.1) is 0 Å². The minimum Gasteiger partial charge on any atom is -0.386 e. The average Bonchev–Trinajstić information content (AvgIpc) is 3.01. The highest BCUT2D eigenvalue weighted by Crippen LogP contribution is 2.25. The van der Waals surface area contributed by atoms with Gasteiger partial charge in [-0.15, -0.1) is 24.0 Å². The Bertz CT molecular complexity index is 736. The van der Waals surface area contributed by atoms with E-state index in [9.17, 15) is 5.11 Å². The second-order valence-electron chi connectivity index (χ2n) is 5.73. The van der Waals surface area contributed by atoms with Crippen LogP contribution in [0.3, 0.4) is 0 Å². The van der Waals surface area contributed by atoms with Crippen LogP contribution < -0.4 is 11.1 Å². The number of hydrogen-bond donors (Lipinski definition) is 3. The summed E-state index contributed by atoms with van der Waals surface area (Å²) in [7, 11) is 0. The molecule has 0 saturated carbocycles. The summed E-state index contributed by atoms with van der Waals surface area (Å²) in [6, 6.07) is 13.5. The first-order valence-electron chi connectivity index (χ1n) is 7.75. The highest BCUT2D eigenvalue weighted by molar-refractivity contribution is 14.0. The summed E-state index contributed by atoms with van der Waals surface area (Å²) in [4.78, 5) is 4.21. The molecule has 2 aromatic rings. The molecule has 6 heteroatoms. The molecule has 1 aliphatic rings. The third-order valence-corrected chi connectivity index (χ3v) is 4.41. The zero-order valence-electron chi connectivity index (χ0n) is 13.2. The van der Waals surface area contributed by atoms with E-state index in [1.54, 1.807) is 12.1 Å². The normalized spacial score (nSPS) is 14.7. The van der Waals surface area contributed by atoms with Gasteiger partial charge in [-0.2, -0.15) is 0 Å². The minimum absolute atomic E-state index is 0. The van der Waals surface area contributed by atoms with Gasteiger partial charge in [0.25, 0.3) is 0 Å². The number of nitrogens with one attached hydrogen (secondary N) is 1. The summed E-state index contributed by atoms with van der Waals surface area (Å²) in [5.74, 6) is 0.286. The molecule has 4 nitrogen and oxygen atoms in total. The Kier molecular flexibility index (Phi) is 6.89. The molecule has 0 radical (unpaired) electrons. The molecule has 0 aromatic heterocycles. The van der Waals surface area contributed by atoms with Crippen molar-refractivity contribution in [1.82, 2.24) is 0 Å². The van der Waals surface area contributed by atoms with Crippen molar-refractivity contribution >= 4 is 47.2 Å². The van der Waals surface area contributed by atoms with E-state index < -0.39 is 6.10 Å². The van der Waals surface area contributed by atoms with Gasteiger partial charge in [-0.25, -0.2) is 0 Å². The highest BCUT2D eigenvalue weighted by atomic mass is 127. The van der Waals surface area contributed by atoms with E-state index in [2.05, 4.69) is 22.4 Å². The predicted molar refractivity (Wildman–Crippen MR) is 110 cm³/mol. The maximum Gasteiger partial charge on any atom is 0.193 e. The van der Waals surface area contributed by atoms with Crippen molar-refractivity contribution in [2.45, 2.75) is 25.4 Å². The van der Waals surface area contributed by atoms with Gasteiger partial charge in [0.1, 0.15) is 6.10 Å². The van der Waals surface area contributed by atoms with Crippen molar-refractivity contribution in [1.29, 1.82) is 0 Å². The Hall–Kier alpha value is -1.31. The number of benzene rings is 2. The van der Waals surface area contributed by atoms with E-state index in [1.165, 1.54) is 17.5 Å². The topological polar surface area (TPSA) is 70.6 Å². The number of halogens is 2. The Labute approximate surface area is 164 Å². The molecule has 0 spiro atoms. The second-order valence-corrected chi connectivity index (χ2v) is 6.13. The van der Waals surface area contributed by atoms with Gasteiger partial charge >= 0.3 is 0 Å². The van der Waals surface area contributed by atoms with Crippen LogP contribution >= 0.6 is 35.6 Å². The van der Waals surface area contributed by atoms with Crippen LogP contribution in [0.25, 0.3) is 0 Å². The number of aliphatic hydroxyl groups excluding tert-OH is 1. The number of aryl methyl sites for hydroxylation is 2. The number of fused-ring (bicyclic) bond motifs is 1. The molecular formula is C18H21ClIN3O. The summed E-state index contributed by atoms with van der Waals surface area (Å²) in [6.07, 6.45) is 2.71. The van der Waals surface area contributed by atoms with Gasteiger partial charge in [-0.05, 0) is 48.6 Å². The van der Waals surface area contributed by atoms with Crippen LogP contribution in [0.1, 0.15) is 29.2 Å². The van der Waals surface area contributed by atoms with Crippen molar-refractivity contribution in [3.05, 3.63) is 64.2 Å². The molecule has 0 heterocycles. The summed E-state index contributed by atoms with van der Waals surface area (Å²) in [5, 5.41) is 13.8. The molecule has 4 N–H and O–H groups in total. The number of nitrogens with zero attached hydrogens (tertiary/aromatic N) is 1. The molecule has 0 fully saturated rings. The van der Waals surface area contributed by atoms with Crippen molar-refractivity contribution < 1.29 is 5.11 Å². The number of hydrogen-bond acceptors (Lipinski definition) is 2. The van der Waals surface area contributed by atoms with Gasteiger partial charge in [-0.1, -0.05) is 35.9 Å². The minimum atomic E-state index is -0.774. The van der Waals surface area contributed by atoms with E-state index >= 15 is 0 Å². The lowest BCUT2D eigenvalue weighted by Gasteiger charge is -2.12. The molecule has 1 unspecified atom stereocenters. The lowest BCUT2D eigenvalue weighted by atomic mass is 10.1. The van der Waals surface area contributed by atoms with E-state index in [0.29, 0.717) is 10.6 Å². The van der Waals surface area contributed by atoms with Crippen LogP contribution in [0.15, 0.2) is 47.5 Å². The summed E-state index contributed by atoms with van der Waals surface area (Å²) in [5.41, 5.74) is 10.3. The van der Waals surface area contributed by atoms with Crippen molar-refractivity contribution in [2.75, 3.05) is 11.9 Å². The van der Waals surface area contributed by atoms with Gasteiger partial charge in [0.2, 0.25) is 0 Å². The first kappa shape index (κ1) is 19.0. The van der Waals surface area contributed by atoms with Gasteiger partial charge in [0, 0.05) is 16.3 Å². The SMILES string of the molecule is I.NC(=NCC(O)c1ccccc1Cl)Nc1ccc2c(c1)CCC2. The molecule has 1 aliphatic carbocycles. The molecule has 0 saturated heterocycles. The molecule has 0 aliphatic heterocycles. The zero-order valence-corrected chi connectivity index (χ0v) is 16.3. The maximum absolute atomic E-state index is 10.2. The Morgan fingerprint density at radius 1 is 1.21 bits per heavy atom. The fraction of sp³-hybridized carbons (Fsp3) is 0.278. The lowest BCUT2D eigenvalue weighted by Crippen LogP contribution is -2.23. The van der Waals surface area contributed by atoms with E-state index in [-0.39, 0.29) is 36.5 Å². The molecule has 1 atom stereocenters. The largest absolute Gasteiger partial charge is 0.386 e. The first-order valence-corrected chi connectivity index (χ1v) is 8.12. The summed E-state index contributed by atoms with van der Waals surface area (Å²) in [6.45, 7) is 0.160. The quantitative estimate of drug-likeness (QED) is 0.370. The molecule has 0 bridgehead atoms. The molecule has 3 rings (SSSR count). The maximum atomic E-state index is 10.2. The van der Waals surface area contributed by atoms with E-state index in [4.69, 9.17) is 17.3 Å². The first-order chi connectivity index (χ1) is 11.1. The van der Waals surface area contributed by atoms with Crippen LogP contribution in [-0.4, -0.2) is 17.6 Å². The Morgan fingerprint density at radius 2 is 1.96 bits per heavy atom.